The van der Waals surface area contributed by atoms with E-state index in [9.17, 15) is 23.6 Å². The summed E-state index contributed by atoms with van der Waals surface area (Å²) in [5, 5.41) is 22.5. The van der Waals surface area contributed by atoms with Crippen molar-refractivity contribution in [3.63, 3.8) is 0 Å². The molecule has 0 atom stereocenters. The van der Waals surface area contributed by atoms with Crippen LogP contribution in [-0.4, -0.2) is 51.4 Å². The number of nitro benzene ring substituents is 1. The van der Waals surface area contributed by atoms with Crippen molar-refractivity contribution < 1.29 is 27.9 Å². The summed E-state index contributed by atoms with van der Waals surface area (Å²) in [5.41, 5.74) is 0.336. The number of rotatable bonds is 21. The zero-order valence-electron chi connectivity index (χ0n) is 29.0. The molecule has 0 saturated carbocycles. The number of aromatic hydroxyl groups is 1. The number of nitrogens with one attached hydrogen (secondary N) is 1. The zero-order chi connectivity index (χ0) is 34.3. The first-order chi connectivity index (χ1) is 22.4. The highest BCUT2D eigenvalue weighted by Crippen LogP contribution is 2.40. The molecule has 0 aliphatic carbocycles. The van der Waals surface area contributed by atoms with Crippen molar-refractivity contribution in [2.24, 2.45) is 0 Å². The number of nitro groups is 1. The van der Waals surface area contributed by atoms with E-state index in [1.165, 1.54) is 94.9 Å². The van der Waals surface area contributed by atoms with Crippen molar-refractivity contribution >= 4 is 27.1 Å². The molecule has 1 aliphatic heterocycles. The maximum absolute atomic E-state index is 13.7. The Labute approximate surface area is 282 Å². The van der Waals surface area contributed by atoms with Crippen molar-refractivity contribution in [3.8, 4) is 11.5 Å². The predicted octanol–water partition coefficient (Wildman–Crippen LogP) is 9.10. The lowest BCUT2D eigenvalue weighted by atomic mass is 9.86. The number of benzene rings is 2. The minimum Gasteiger partial charge on any atom is -0.506 e. The summed E-state index contributed by atoms with van der Waals surface area (Å²) in [4.78, 5) is 12.5. The van der Waals surface area contributed by atoms with Gasteiger partial charge in [0.15, 0.2) is 0 Å². The maximum Gasteiger partial charge on any atom is 0.270 e. The summed E-state index contributed by atoms with van der Waals surface area (Å²) in [5.74, 6) is 0.246. The average molecular weight is 676 g/mol. The summed E-state index contributed by atoms with van der Waals surface area (Å²) in [6.07, 6.45) is 17.7. The molecular formula is C36H57N3O7S. The molecule has 2 N–H and O–H groups in total. The Kier molecular flexibility index (Phi) is 15.6. The van der Waals surface area contributed by atoms with Gasteiger partial charge in [-0.3, -0.25) is 14.8 Å². The largest absolute Gasteiger partial charge is 0.506 e. The van der Waals surface area contributed by atoms with Crippen LogP contribution < -0.4 is 14.4 Å². The number of non-ortho nitro benzene ring substituents is 1. The lowest BCUT2D eigenvalue weighted by Gasteiger charge is -2.30. The van der Waals surface area contributed by atoms with Crippen molar-refractivity contribution in [3.05, 3.63) is 46.0 Å². The van der Waals surface area contributed by atoms with Crippen molar-refractivity contribution in [2.75, 3.05) is 42.5 Å². The molecule has 0 unspecified atom stereocenters. The Morgan fingerprint density at radius 1 is 0.894 bits per heavy atom. The summed E-state index contributed by atoms with van der Waals surface area (Å²) in [6, 6.07) is 6.85. The molecule has 0 amide bonds. The average Bonchev–Trinajstić information content (AvgIpc) is 3.03. The molecule has 0 bridgehead atoms. The first-order valence-corrected chi connectivity index (χ1v) is 19.1. The molecule has 47 heavy (non-hydrogen) atoms. The molecule has 0 aromatic heterocycles. The quantitative estimate of drug-likeness (QED) is 0.0580. The van der Waals surface area contributed by atoms with Crippen LogP contribution >= 0.6 is 0 Å². The van der Waals surface area contributed by atoms with E-state index in [0.29, 0.717) is 44.3 Å². The maximum atomic E-state index is 13.7. The predicted molar refractivity (Wildman–Crippen MR) is 190 cm³/mol. The third kappa shape index (κ3) is 12.5. The lowest BCUT2D eigenvalue weighted by Crippen LogP contribution is -2.37. The van der Waals surface area contributed by atoms with Gasteiger partial charge in [-0.15, -0.1) is 0 Å². The normalized spacial score (nSPS) is 13.9. The van der Waals surface area contributed by atoms with Gasteiger partial charge in [0.05, 0.1) is 36.1 Å². The molecule has 2 aromatic rings. The number of anilines is 2. The molecule has 0 spiro atoms. The minimum absolute atomic E-state index is 0.0478. The van der Waals surface area contributed by atoms with Crippen LogP contribution in [0.3, 0.4) is 0 Å². The summed E-state index contributed by atoms with van der Waals surface area (Å²) < 4.78 is 41.6. The topological polar surface area (TPSA) is 131 Å². The number of ether oxygens (including phenoxy) is 2. The second-order valence-electron chi connectivity index (χ2n) is 13.7. The number of hydrogen-bond donors (Lipinski definition) is 2. The van der Waals surface area contributed by atoms with Crippen LogP contribution in [0.5, 0.6) is 11.5 Å². The van der Waals surface area contributed by atoms with Gasteiger partial charge < -0.3 is 19.5 Å². The number of morpholine rings is 1. The number of phenolic OH excluding ortho intramolecular Hbond substituents is 1. The molecule has 1 aliphatic rings. The monoisotopic (exact) mass is 675 g/mol. The van der Waals surface area contributed by atoms with Gasteiger partial charge in [-0.1, -0.05) is 111 Å². The van der Waals surface area contributed by atoms with E-state index >= 15 is 0 Å². The Hall–Kier alpha value is -3.05. The van der Waals surface area contributed by atoms with E-state index in [0.717, 1.165) is 30.9 Å². The SMILES string of the molecule is CCCCCCCCCCCCCCCCOc1cc(NS(=O)(=O)c2cc([N+](=O)[O-])ccc2N2CCOCC2)c(O)cc1C(C)(C)C. The molecule has 2 aromatic carbocycles. The van der Waals surface area contributed by atoms with Gasteiger partial charge in [0.2, 0.25) is 0 Å². The van der Waals surface area contributed by atoms with E-state index in [2.05, 4.69) is 11.6 Å². The number of phenols is 1. The standard InChI is InChI=1S/C36H57N3O7S/c1-5-6-7-8-9-10-11-12-13-14-15-16-17-18-23-46-34-28-31(33(40)27-30(34)36(2,3)4)37-47(43,44)35-26-29(39(41)42)19-20-32(35)38-21-24-45-25-22-38/h19-20,26-28,37,40H,5-18,21-25H2,1-4H3. The van der Waals surface area contributed by atoms with Crippen LogP contribution in [0.4, 0.5) is 17.1 Å². The van der Waals surface area contributed by atoms with Crippen molar-refractivity contribution in [1.29, 1.82) is 0 Å². The van der Waals surface area contributed by atoms with Crippen LogP contribution in [0, 0.1) is 10.1 Å². The molecule has 0 radical (unpaired) electrons. The Morgan fingerprint density at radius 3 is 1.98 bits per heavy atom. The van der Waals surface area contributed by atoms with E-state index < -0.39 is 14.9 Å². The molecule has 1 saturated heterocycles. The number of sulfonamides is 1. The molecule has 10 nitrogen and oxygen atoms in total. The van der Waals surface area contributed by atoms with Gasteiger partial charge in [-0.2, -0.15) is 0 Å². The number of unbranched alkanes of at least 4 members (excludes halogenated alkanes) is 13. The number of nitrogens with zero attached hydrogens (tertiary/aromatic N) is 2. The third-order valence-corrected chi connectivity index (χ3v) is 10.1. The van der Waals surface area contributed by atoms with E-state index in [-0.39, 0.29) is 27.4 Å². The molecule has 3 rings (SSSR count). The summed E-state index contributed by atoms with van der Waals surface area (Å²) in [7, 11) is -4.34. The highest BCUT2D eigenvalue weighted by atomic mass is 32.2. The Morgan fingerprint density at radius 2 is 1.45 bits per heavy atom. The third-order valence-electron chi connectivity index (χ3n) is 8.70. The fourth-order valence-electron chi connectivity index (χ4n) is 5.93. The van der Waals surface area contributed by atoms with Gasteiger partial charge in [0.25, 0.3) is 15.7 Å². The van der Waals surface area contributed by atoms with E-state index in [4.69, 9.17) is 9.47 Å². The molecule has 1 fully saturated rings. The van der Waals surface area contributed by atoms with E-state index in [1.54, 1.807) is 0 Å². The van der Waals surface area contributed by atoms with Crippen LogP contribution in [0.15, 0.2) is 35.2 Å². The van der Waals surface area contributed by atoms with Crippen molar-refractivity contribution in [1.82, 2.24) is 0 Å². The fraction of sp³-hybridized carbons (Fsp3) is 0.667. The summed E-state index contributed by atoms with van der Waals surface area (Å²) >= 11 is 0. The second kappa shape index (κ2) is 19.1. The highest BCUT2D eigenvalue weighted by molar-refractivity contribution is 7.93. The lowest BCUT2D eigenvalue weighted by molar-refractivity contribution is -0.385. The van der Waals surface area contributed by atoms with Crippen LogP contribution in [-0.2, 0) is 20.2 Å². The van der Waals surface area contributed by atoms with Gasteiger partial charge >= 0.3 is 0 Å². The zero-order valence-corrected chi connectivity index (χ0v) is 29.8. The summed E-state index contributed by atoms with van der Waals surface area (Å²) in [6.45, 7) is 10.5. The Balaban J connectivity index is 1.60. The van der Waals surface area contributed by atoms with Crippen LogP contribution in [0.2, 0.25) is 0 Å². The van der Waals surface area contributed by atoms with Crippen LogP contribution in [0.1, 0.15) is 123 Å². The molecule has 11 heteroatoms. The smallest absolute Gasteiger partial charge is 0.270 e. The van der Waals surface area contributed by atoms with Crippen LogP contribution in [0.25, 0.3) is 0 Å². The second-order valence-corrected chi connectivity index (χ2v) is 15.3. The first-order valence-electron chi connectivity index (χ1n) is 17.6. The highest BCUT2D eigenvalue weighted by Gasteiger charge is 2.29. The van der Waals surface area contributed by atoms with Gasteiger partial charge in [-0.25, -0.2) is 8.42 Å². The number of hydrogen-bond acceptors (Lipinski definition) is 8. The van der Waals surface area contributed by atoms with E-state index in [1.807, 2.05) is 25.7 Å². The van der Waals surface area contributed by atoms with Gasteiger partial charge in [0.1, 0.15) is 16.4 Å². The van der Waals surface area contributed by atoms with Gasteiger partial charge in [0, 0.05) is 36.9 Å². The minimum atomic E-state index is -4.34. The fourth-order valence-corrected chi connectivity index (χ4v) is 7.24. The van der Waals surface area contributed by atoms with Gasteiger partial charge in [-0.05, 0) is 24.0 Å². The molecule has 264 valence electrons. The molecular weight excluding hydrogens is 618 g/mol. The Bertz CT molecular complexity index is 1370. The first kappa shape index (κ1) is 38.4. The van der Waals surface area contributed by atoms with Crippen molar-refractivity contribution in [2.45, 2.75) is 128 Å². The molecule has 1 heterocycles.